The van der Waals surface area contributed by atoms with Gasteiger partial charge in [0.15, 0.2) is 16.8 Å². The zero-order valence-electron chi connectivity index (χ0n) is 16.7. The summed E-state index contributed by atoms with van der Waals surface area (Å²) in [5.74, 6) is -0.0928. The summed E-state index contributed by atoms with van der Waals surface area (Å²) in [6, 6.07) is 14.2. The van der Waals surface area contributed by atoms with E-state index in [9.17, 15) is 13.6 Å². The van der Waals surface area contributed by atoms with Crippen LogP contribution in [0.15, 0.2) is 60.9 Å². The van der Waals surface area contributed by atoms with E-state index < -0.39 is 18.2 Å². The van der Waals surface area contributed by atoms with Gasteiger partial charge in [-0.15, -0.1) is 0 Å². The van der Waals surface area contributed by atoms with E-state index in [0.29, 0.717) is 27.4 Å². The molecule has 0 saturated carbocycles. The fourth-order valence-electron chi connectivity index (χ4n) is 3.34. The molecule has 10 heteroatoms. The van der Waals surface area contributed by atoms with Crippen LogP contribution in [0.2, 0.25) is 0 Å². The number of anilines is 1. The normalized spacial score (nSPS) is 11.4. The van der Waals surface area contributed by atoms with Gasteiger partial charge in [-0.2, -0.15) is 0 Å². The molecular weight excluding hydrogens is 434 g/mol. The third-order valence-electron chi connectivity index (χ3n) is 4.89. The molecule has 0 radical (unpaired) electrons. The molecule has 0 aliphatic rings. The van der Waals surface area contributed by atoms with Crippen molar-refractivity contribution in [2.24, 2.45) is 7.05 Å². The van der Waals surface area contributed by atoms with Gasteiger partial charge in [0.25, 0.3) is 12.3 Å². The number of H-pyrrole nitrogens is 1. The Hall–Kier alpha value is -3.92. The number of fused-ring (bicyclic) bond motifs is 1. The Kier molecular flexibility index (Phi) is 4.98. The molecule has 2 aromatic carbocycles. The Labute approximate surface area is 184 Å². The monoisotopic (exact) mass is 450 g/mol. The molecule has 0 atom stereocenters. The van der Waals surface area contributed by atoms with Crippen molar-refractivity contribution in [3.05, 3.63) is 72.3 Å². The van der Waals surface area contributed by atoms with Crippen LogP contribution in [0.25, 0.3) is 33.0 Å². The first-order valence-corrected chi connectivity index (χ1v) is 10.4. The molecular formula is C22H16F2N6OS. The molecule has 7 nitrogen and oxygen atoms in total. The van der Waals surface area contributed by atoms with Crippen LogP contribution in [0.3, 0.4) is 0 Å². The maximum Gasteiger partial charge on any atom is 0.295 e. The highest BCUT2D eigenvalue weighted by Crippen LogP contribution is 2.38. The smallest absolute Gasteiger partial charge is 0.295 e. The number of hydrogen-bond donors (Lipinski definition) is 2. The number of aromatic nitrogens is 5. The Morgan fingerprint density at radius 3 is 2.69 bits per heavy atom. The maximum absolute atomic E-state index is 12.9. The molecule has 5 aromatic rings. The number of imidazole rings is 2. The second-order valence-corrected chi connectivity index (χ2v) is 8.03. The Morgan fingerprint density at radius 2 is 1.97 bits per heavy atom. The third-order valence-corrected chi connectivity index (χ3v) is 5.85. The number of alkyl halides is 2. The third kappa shape index (κ3) is 3.65. The van der Waals surface area contributed by atoms with Gasteiger partial charge in [0.2, 0.25) is 0 Å². The van der Waals surface area contributed by atoms with E-state index >= 15 is 0 Å². The number of hydrogen-bond acceptors (Lipinski definition) is 5. The lowest BCUT2D eigenvalue weighted by Crippen LogP contribution is -2.11. The van der Waals surface area contributed by atoms with Crippen LogP contribution >= 0.6 is 11.3 Å². The van der Waals surface area contributed by atoms with Crippen LogP contribution in [0, 0.1) is 0 Å². The quantitative estimate of drug-likeness (QED) is 0.381. The number of carbonyl (C=O) groups excluding carboxylic acids is 1. The minimum atomic E-state index is -2.71. The highest BCUT2D eigenvalue weighted by atomic mass is 32.1. The van der Waals surface area contributed by atoms with Crippen molar-refractivity contribution in [1.29, 1.82) is 0 Å². The minimum absolute atomic E-state index is 0.303. The molecule has 2 N–H and O–H groups in total. The van der Waals surface area contributed by atoms with E-state index in [2.05, 4.69) is 25.3 Å². The minimum Gasteiger partial charge on any atom is -0.337 e. The van der Waals surface area contributed by atoms with Crippen LogP contribution in [0.1, 0.15) is 22.6 Å². The zero-order valence-corrected chi connectivity index (χ0v) is 17.5. The number of halogens is 2. The number of benzene rings is 2. The summed E-state index contributed by atoms with van der Waals surface area (Å²) in [7, 11) is 1.89. The lowest BCUT2D eigenvalue weighted by Gasteiger charge is -2.02. The number of aryl methyl sites for hydroxylation is 1. The summed E-state index contributed by atoms with van der Waals surface area (Å²) in [6.07, 6.45) is 0.834. The number of aromatic amines is 1. The maximum atomic E-state index is 12.9. The van der Waals surface area contributed by atoms with Crippen LogP contribution in [0.4, 0.5) is 13.9 Å². The molecule has 0 aliphatic heterocycles. The summed E-state index contributed by atoms with van der Waals surface area (Å²) < 4.78 is 27.7. The summed E-state index contributed by atoms with van der Waals surface area (Å²) in [5, 5.41) is 3.22. The van der Waals surface area contributed by atoms with Crippen LogP contribution in [-0.2, 0) is 7.05 Å². The van der Waals surface area contributed by atoms with Crippen LogP contribution in [-0.4, -0.2) is 30.4 Å². The Balaban J connectivity index is 1.49. The Bertz CT molecular complexity index is 1420. The summed E-state index contributed by atoms with van der Waals surface area (Å²) in [6.45, 7) is 0. The van der Waals surface area contributed by atoms with Gasteiger partial charge in [0.1, 0.15) is 0 Å². The molecule has 3 heterocycles. The van der Waals surface area contributed by atoms with Gasteiger partial charge in [-0.05, 0) is 18.2 Å². The standard InChI is InChI=1S/C22H16F2N6OS/c1-30-10-9-25-20(30)17-16(12-5-3-2-4-6-12)28-22(32-17)29-21(31)13-7-8-14-15(11-13)27-19(26-14)18(23)24/h2-11,18H,1H3,(H,26,27)(H,28,29,31). The molecule has 0 fully saturated rings. The van der Waals surface area contributed by atoms with Gasteiger partial charge in [-0.3, -0.25) is 10.1 Å². The molecule has 0 aliphatic carbocycles. The first kappa shape index (κ1) is 20.0. The Morgan fingerprint density at radius 1 is 1.16 bits per heavy atom. The lowest BCUT2D eigenvalue weighted by atomic mass is 10.1. The predicted molar refractivity (Wildman–Crippen MR) is 119 cm³/mol. The molecule has 0 spiro atoms. The molecule has 32 heavy (non-hydrogen) atoms. The fourth-order valence-corrected chi connectivity index (χ4v) is 4.37. The van der Waals surface area contributed by atoms with Crippen molar-refractivity contribution in [2.75, 3.05) is 5.32 Å². The largest absolute Gasteiger partial charge is 0.337 e. The summed E-state index contributed by atoms with van der Waals surface area (Å²) >= 11 is 1.32. The van der Waals surface area contributed by atoms with Crippen molar-refractivity contribution < 1.29 is 13.6 Å². The van der Waals surface area contributed by atoms with Gasteiger partial charge in [0, 0.05) is 30.6 Å². The number of thiazole rings is 1. The second-order valence-electron chi connectivity index (χ2n) is 7.03. The molecule has 0 bridgehead atoms. The zero-order chi connectivity index (χ0) is 22.2. The summed E-state index contributed by atoms with van der Waals surface area (Å²) in [5.41, 5.74) is 2.66. The van der Waals surface area contributed by atoms with Gasteiger partial charge < -0.3 is 9.55 Å². The van der Waals surface area contributed by atoms with Crippen molar-refractivity contribution in [1.82, 2.24) is 24.5 Å². The average molecular weight is 450 g/mol. The number of amides is 1. The van der Waals surface area contributed by atoms with Gasteiger partial charge in [-0.25, -0.2) is 23.7 Å². The van der Waals surface area contributed by atoms with Crippen molar-refractivity contribution in [3.63, 3.8) is 0 Å². The second kappa shape index (κ2) is 7.97. The van der Waals surface area contributed by atoms with E-state index in [1.165, 1.54) is 23.5 Å². The SMILES string of the molecule is Cn1ccnc1-c1sc(NC(=O)c2ccc3nc(C(F)F)[nH]c3c2)nc1-c1ccccc1. The van der Waals surface area contributed by atoms with E-state index in [-0.39, 0.29) is 0 Å². The first-order chi connectivity index (χ1) is 15.5. The average Bonchev–Trinajstić information content (AvgIpc) is 3.51. The molecule has 3 aromatic heterocycles. The van der Waals surface area contributed by atoms with E-state index in [0.717, 1.165) is 16.3 Å². The molecule has 160 valence electrons. The highest BCUT2D eigenvalue weighted by Gasteiger charge is 2.20. The number of rotatable bonds is 5. The van der Waals surface area contributed by atoms with E-state index in [4.69, 9.17) is 0 Å². The number of nitrogens with one attached hydrogen (secondary N) is 2. The van der Waals surface area contributed by atoms with Gasteiger partial charge >= 0.3 is 0 Å². The molecule has 0 saturated heterocycles. The topological polar surface area (TPSA) is 88.5 Å². The number of carbonyl (C=O) groups is 1. The van der Waals surface area contributed by atoms with Gasteiger partial charge in [0.05, 0.1) is 21.6 Å². The summed E-state index contributed by atoms with van der Waals surface area (Å²) in [4.78, 5) is 29.1. The van der Waals surface area contributed by atoms with E-state index in [1.807, 2.05) is 48.1 Å². The predicted octanol–water partition coefficient (Wildman–Crippen LogP) is 5.28. The van der Waals surface area contributed by atoms with E-state index in [1.54, 1.807) is 12.3 Å². The molecule has 1 amide bonds. The van der Waals surface area contributed by atoms with Crippen molar-refractivity contribution in [2.45, 2.75) is 6.43 Å². The van der Waals surface area contributed by atoms with Crippen molar-refractivity contribution >= 4 is 33.4 Å². The van der Waals surface area contributed by atoms with Crippen LogP contribution in [0.5, 0.6) is 0 Å². The van der Waals surface area contributed by atoms with Gasteiger partial charge in [-0.1, -0.05) is 41.7 Å². The van der Waals surface area contributed by atoms with Crippen LogP contribution < -0.4 is 5.32 Å². The fraction of sp³-hybridized carbons (Fsp3) is 0.0909. The highest BCUT2D eigenvalue weighted by molar-refractivity contribution is 7.19. The lowest BCUT2D eigenvalue weighted by molar-refractivity contribution is 0.102. The molecule has 0 unspecified atom stereocenters. The molecule has 5 rings (SSSR count). The number of nitrogens with zero attached hydrogens (tertiary/aromatic N) is 4. The first-order valence-electron chi connectivity index (χ1n) is 9.62. The van der Waals surface area contributed by atoms with Crippen molar-refractivity contribution in [3.8, 4) is 22.0 Å².